The van der Waals surface area contributed by atoms with Gasteiger partial charge in [-0.25, -0.2) is 9.78 Å². The van der Waals surface area contributed by atoms with Gasteiger partial charge in [-0.1, -0.05) is 0 Å². The maximum Gasteiger partial charge on any atom is 0.471 e. The number of amides is 1. The van der Waals surface area contributed by atoms with Crippen molar-refractivity contribution < 1.29 is 27.9 Å². The van der Waals surface area contributed by atoms with Crippen molar-refractivity contribution in [2.24, 2.45) is 0 Å². The smallest absolute Gasteiger partial charge is 0.471 e. The highest BCUT2D eigenvalue weighted by atomic mass is 79.9. The van der Waals surface area contributed by atoms with Gasteiger partial charge in [0.1, 0.15) is 4.60 Å². The van der Waals surface area contributed by atoms with Crippen LogP contribution in [0.5, 0.6) is 0 Å². The highest BCUT2D eigenvalue weighted by Crippen LogP contribution is 2.21. The van der Waals surface area contributed by atoms with Gasteiger partial charge in [0.05, 0.1) is 5.69 Å². The van der Waals surface area contributed by atoms with Crippen molar-refractivity contribution in [3.63, 3.8) is 0 Å². The average Bonchev–Trinajstić information content (AvgIpc) is 2.18. The molecule has 0 unspecified atom stereocenters. The Morgan fingerprint density at radius 2 is 1.94 bits per heavy atom. The fourth-order valence-corrected chi connectivity index (χ4v) is 1.20. The van der Waals surface area contributed by atoms with E-state index in [1.54, 1.807) is 0 Å². The summed E-state index contributed by atoms with van der Waals surface area (Å²) in [5.74, 6) is -3.81. The molecule has 0 aromatic carbocycles. The molecule has 5 nitrogen and oxygen atoms in total. The number of hydrogen-bond acceptors (Lipinski definition) is 3. The van der Waals surface area contributed by atoms with E-state index in [-0.39, 0.29) is 4.60 Å². The Balaban J connectivity index is 3.07. The van der Waals surface area contributed by atoms with Crippen LogP contribution < -0.4 is 5.32 Å². The Bertz CT molecular complexity index is 476. The number of hydrogen-bond donors (Lipinski definition) is 2. The second-order valence-corrected chi connectivity index (χ2v) is 3.60. The summed E-state index contributed by atoms with van der Waals surface area (Å²) in [5.41, 5.74) is -1.21. The van der Waals surface area contributed by atoms with Crippen LogP contribution in [-0.2, 0) is 4.79 Å². The van der Waals surface area contributed by atoms with Crippen LogP contribution in [0.15, 0.2) is 16.7 Å². The van der Waals surface area contributed by atoms with Crippen LogP contribution in [0.3, 0.4) is 0 Å². The topological polar surface area (TPSA) is 79.3 Å². The monoisotopic (exact) mass is 312 g/mol. The van der Waals surface area contributed by atoms with Crippen molar-refractivity contribution >= 4 is 33.5 Å². The minimum absolute atomic E-state index is 0.125. The van der Waals surface area contributed by atoms with E-state index in [1.165, 1.54) is 11.4 Å². The molecule has 0 saturated heterocycles. The lowest BCUT2D eigenvalue weighted by Gasteiger charge is -2.09. The van der Waals surface area contributed by atoms with Crippen LogP contribution in [0.2, 0.25) is 0 Å². The molecule has 0 aliphatic heterocycles. The van der Waals surface area contributed by atoms with E-state index in [4.69, 9.17) is 5.11 Å². The molecule has 0 radical (unpaired) electrons. The van der Waals surface area contributed by atoms with E-state index < -0.39 is 29.4 Å². The molecule has 17 heavy (non-hydrogen) atoms. The number of nitrogens with one attached hydrogen (secondary N) is 1. The summed E-state index contributed by atoms with van der Waals surface area (Å²) in [5, 5.41) is 10.1. The summed E-state index contributed by atoms with van der Waals surface area (Å²) >= 11 is 2.86. The molecule has 1 aromatic rings. The lowest BCUT2D eigenvalue weighted by atomic mass is 10.3. The van der Waals surface area contributed by atoms with Crippen LogP contribution in [0, 0.1) is 0 Å². The number of nitrogens with zero attached hydrogens (tertiary/aromatic N) is 1. The van der Waals surface area contributed by atoms with Crippen molar-refractivity contribution in [3.05, 3.63) is 22.4 Å². The number of aromatic carboxylic acids is 1. The third kappa shape index (κ3) is 3.41. The quantitative estimate of drug-likeness (QED) is 0.819. The van der Waals surface area contributed by atoms with E-state index in [1.807, 2.05) is 0 Å². The summed E-state index contributed by atoms with van der Waals surface area (Å²) in [6.45, 7) is 0. The number of anilines is 1. The number of carboxylic acids is 1. The molecule has 0 bridgehead atoms. The SMILES string of the molecule is O=C(O)c1nc(Br)ccc1NC(=O)C(F)(F)F. The second kappa shape index (κ2) is 4.70. The fourth-order valence-electron chi connectivity index (χ4n) is 0.892. The first-order valence-electron chi connectivity index (χ1n) is 4.00. The molecule has 1 aromatic heterocycles. The van der Waals surface area contributed by atoms with Crippen LogP contribution in [-0.4, -0.2) is 28.1 Å². The maximum atomic E-state index is 12.0. The molecule has 0 aliphatic rings. The second-order valence-electron chi connectivity index (χ2n) is 2.79. The average molecular weight is 313 g/mol. The molecule has 0 saturated carbocycles. The largest absolute Gasteiger partial charge is 0.476 e. The van der Waals surface area contributed by atoms with Crippen LogP contribution in [0.4, 0.5) is 18.9 Å². The molecule has 1 heterocycles. The van der Waals surface area contributed by atoms with Gasteiger partial charge in [-0.3, -0.25) is 4.79 Å². The summed E-state index contributed by atoms with van der Waals surface area (Å²) in [7, 11) is 0. The van der Waals surface area contributed by atoms with E-state index in [2.05, 4.69) is 20.9 Å². The zero-order chi connectivity index (χ0) is 13.2. The van der Waals surface area contributed by atoms with Gasteiger partial charge in [-0.05, 0) is 28.1 Å². The first-order chi connectivity index (χ1) is 7.71. The lowest BCUT2D eigenvalue weighted by molar-refractivity contribution is -0.167. The third-order valence-corrected chi connectivity index (χ3v) is 2.01. The number of rotatable bonds is 2. The highest BCUT2D eigenvalue weighted by Gasteiger charge is 2.39. The normalized spacial score (nSPS) is 11.1. The number of aromatic nitrogens is 1. The fraction of sp³-hybridized carbons (Fsp3) is 0.125. The Labute approximate surface area is 101 Å². The molecule has 2 N–H and O–H groups in total. The Hall–Kier alpha value is -1.64. The van der Waals surface area contributed by atoms with E-state index in [9.17, 15) is 22.8 Å². The summed E-state index contributed by atoms with van der Waals surface area (Å²) in [6.07, 6.45) is -5.09. The van der Waals surface area contributed by atoms with E-state index in [0.29, 0.717) is 0 Å². The Kier molecular flexibility index (Phi) is 3.71. The van der Waals surface area contributed by atoms with Gasteiger partial charge in [-0.2, -0.15) is 13.2 Å². The van der Waals surface area contributed by atoms with E-state index >= 15 is 0 Å². The Morgan fingerprint density at radius 1 is 1.35 bits per heavy atom. The van der Waals surface area contributed by atoms with Gasteiger partial charge in [0, 0.05) is 0 Å². The van der Waals surface area contributed by atoms with Crippen molar-refractivity contribution in [2.45, 2.75) is 6.18 Å². The molecular weight excluding hydrogens is 309 g/mol. The zero-order valence-electron chi connectivity index (χ0n) is 7.88. The number of halogens is 4. The zero-order valence-corrected chi connectivity index (χ0v) is 9.46. The van der Waals surface area contributed by atoms with Crippen molar-refractivity contribution in [2.75, 3.05) is 5.32 Å². The number of carbonyl (C=O) groups excluding carboxylic acids is 1. The maximum absolute atomic E-state index is 12.0. The van der Waals surface area contributed by atoms with Crippen LogP contribution in [0.1, 0.15) is 10.5 Å². The number of alkyl halides is 3. The van der Waals surface area contributed by atoms with Crippen LogP contribution >= 0.6 is 15.9 Å². The summed E-state index contributed by atoms with van der Waals surface area (Å²) in [6, 6.07) is 2.21. The van der Waals surface area contributed by atoms with Crippen molar-refractivity contribution in [1.29, 1.82) is 0 Å². The van der Waals surface area contributed by atoms with Gasteiger partial charge in [0.15, 0.2) is 5.69 Å². The summed E-state index contributed by atoms with van der Waals surface area (Å²) in [4.78, 5) is 24.8. The molecule has 9 heteroatoms. The Morgan fingerprint density at radius 3 is 2.41 bits per heavy atom. The number of carbonyl (C=O) groups is 2. The van der Waals surface area contributed by atoms with Crippen molar-refractivity contribution in [1.82, 2.24) is 4.98 Å². The summed E-state index contributed by atoms with van der Waals surface area (Å²) < 4.78 is 36.0. The van der Waals surface area contributed by atoms with Crippen molar-refractivity contribution in [3.8, 4) is 0 Å². The number of pyridine rings is 1. The standard InChI is InChI=1S/C8H4BrF3N2O3/c9-4-2-1-3(5(14-4)6(15)16)13-7(17)8(10,11)12/h1-2H,(H,13,17)(H,15,16). The minimum Gasteiger partial charge on any atom is -0.476 e. The van der Waals surface area contributed by atoms with Gasteiger partial charge >= 0.3 is 18.1 Å². The molecule has 0 fully saturated rings. The molecule has 0 spiro atoms. The van der Waals surface area contributed by atoms with Crippen LogP contribution in [0.25, 0.3) is 0 Å². The molecule has 1 amide bonds. The van der Waals surface area contributed by atoms with Gasteiger partial charge < -0.3 is 10.4 Å². The first kappa shape index (κ1) is 13.4. The predicted octanol–water partition coefficient (Wildman–Crippen LogP) is 2.04. The minimum atomic E-state index is -5.09. The molecule has 92 valence electrons. The van der Waals surface area contributed by atoms with E-state index in [0.717, 1.165) is 6.07 Å². The molecule has 0 aliphatic carbocycles. The molecule has 0 atom stereocenters. The number of carboxylic acid groups (broad SMARTS) is 1. The van der Waals surface area contributed by atoms with Gasteiger partial charge in [-0.15, -0.1) is 0 Å². The van der Waals surface area contributed by atoms with Gasteiger partial charge in [0.25, 0.3) is 0 Å². The highest BCUT2D eigenvalue weighted by molar-refractivity contribution is 9.10. The van der Waals surface area contributed by atoms with Gasteiger partial charge in [0.2, 0.25) is 0 Å². The third-order valence-electron chi connectivity index (χ3n) is 1.57. The lowest BCUT2D eigenvalue weighted by Crippen LogP contribution is -2.30. The first-order valence-corrected chi connectivity index (χ1v) is 4.79. The molecular formula is C8H4BrF3N2O3. The molecule has 1 rings (SSSR count). The predicted molar refractivity (Wildman–Crippen MR) is 53.6 cm³/mol.